The highest BCUT2D eigenvalue weighted by molar-refractivity contribution is 5.90. The van der Waals surface area contributed by atoms with Crippen molar-refractivity contribution < 1.29 is 8.78 Å². The molecule has 0 saturated carbocycles. The summed E-state index contributed by atoms with van der Waals surface area (Å²) in [6.45, 7) is 3.21. The van der Waals surface area contributed by atoms with Crippen molar-refractivity contribution in [2.24, 2.45) is 0 Å². The first-order chi connectivity index (χ1) is 15.2. The fourth-order valence-electron chi connectivity index (χ4n) is 4.50. The Labute approximate surface area is 181 Å². The molecular formula is C26H25F2N3. The van der Waals surface area contributed by atoms with Crippen molar-refractivity contribution in [2.45, 2.75) is 32.2 Å². The molecule has 1 saturated heterocycles. The van der Waals surface area contributed by atoms with Gasteiger partial charge in [-0.05, 0) is 67.2 Å². The molecular weight excluding hydrogens is 392 g/mol. The third-order valence-corrected chi connectivity index (χ3v) is 6.07. The number of allylic oxidation sites excluding steroid dienone is 1. The highest BCUT2D eigenvalue weighted by Gasteiger charge is 2.24. The average molecular weight is 418 g/mol. The second kappa shape index (κ2) is 8.60. The van der Waals surface area contributed by atoms with Gasteiger partial charge in [-0.1, -0.05) is 48.5 Å². The lowest BCUT2D eigenvalue weighted by atomic mass is 9.98. The van der Waals surface area contributed by atoms with E-state index < -0.39 is 6.43 Å². The summed E-state index contributed by atoms with van der Waals surface area (Å²) in [6.07, 6.45) is 4.84. The number of para-hydroxylation sites is 1. The Balaban J connectivity index is 1.51. The van der Waals surface area contributed by atoms with Crippen LogP contribution >= 0.6 is 0 Å². The second-order valence-corrected chi connectivity index (χ2v) is 8.19. The monoisotopic (exact) mass is 417 g/mol. The maximum absolute atomic E-state index is 13.3. The number of nitrogens with zero attached hydrogens (tertiary/aromatic N) is 3. The number of aromatic nitrogens is 1. The van der Waals surface area contributed by atoms with Gasteiger partial charge in [-0.15, -0.1) is 0 Å². The Kier molecular flexibility index (Phi) is 5.51. The Morgan fingerprint density at radius 3 is 2.55 bits per heavy atom. The molecule has 2 aliphatic rings. The van der Waals surface area contributed by atoms with Crippen molar-refractivity contribution in [3.63, 3.8) is 0 Å². The lowest BCUT2D eigenvalue weighted by Gasteiger charge is -2.32. The number of benzene rings is 2. The third-order valence-electron chi connectivity index (χ3n) is 6.07. The minimum atomic E-state index is -2.49. The Morgan fingerprint density at radius 1 is 0.935 bits per heavy atom. The average Bonchev–Trinajstić information content (AvgIpc) is 3.32. The van der Waals surface area contributed by atoms with E-state index >= 15 is 0 Å². The molecule has 0 unspecified atom stereocenters. The molecule has 31 heavy (non-hydrogen) atoms. The van der Waals surface area contributed by atoms with Crippen LogP contribution in [0.2, 0.25) is 0 Å². The summed E-state index contributed by atoms with van der Waals surface area (Å²) in [5.41, 5.74) is 5.13. The molecule has 1 aromatic heterocycles. The van der Waals surface area contributed by atoms with Crippen LogP contribution in [-0.2, 0) is 13.0 Å². The topological polar surface area (TPSA) is 19.4 Å². The smallest absolute Gasteiger partial charge is 0.263 e. The molecule has 2 aliphatic heterocycles. The molecule has 0 atom stereocenters. The maximum Gasteiger partial charge on any atom is 0.263 e. The molecule has 1 fully saturated rings. The number of hydrogen-bond acceptors (Lipinski definition) is 3. The lowest BCUT2D eigenvalue weighted by Crippen LogP contribution is -2.22. The Morgan fingerprint density at radius 2 is 1.77 bits per heavy atom. The molecule has 3 nitrogen and oxygen atoms in total. The van der Waals surface area contributed by atoms with Gasteiger partial charge in [-0.2, -0.15) is 0 Å². The van der Waals surface area contributed by atoms with Crippen molar-refractivity contribution in [2.75, 3.05) is 18.0 Å². The van der Waals surface area contributed by atoms with E-state index in [0.29, 0.717) is 0 Å². The number of halogens is 2. The maximum atomic E-state index is 13.3. The number of rotatable bonds is 5. The zero-order valence-corrected chi connectivity index (χ0v) is 17.3. The van der Waals surface area contributed by atoms with Crippen LogP contribution in [0.25, 0.3) is 5.70 Å². The molecule has 158 valence electrons. The fraction of sp³-hybridized carbons (Fsp3) is 0.269. The Bertz CT molecular complexity index is 1090. The predicted octanol–water partition coefficient (Wildman–Crippen LogP) is 6.35. The molecule has 0 bridgehead atoms. The normalized spacial score (nSPS) is 16.5. The zero-order valence-electron chi connectivity index (χ0n) is 17.3. The third kappa shape index (κ3) is 4.10. The van der Waals surface area contributed by atoms with Gasteiger partial charge in [0.05, 0.1) is 11.4 Å². The summed E-state index contributed by atoms with van der Waals surface area (Å²) in [4.78, 5) is 9.33. The summed E-state index contributed by atoms with van der Waals surface area (Å²) in [7, 11) is 0. The first-order valence-corrected chi connectivity index (χ1v) is 10.8. The van der Waals surface area contributed by atoms with E-state index in [1.807, 2.05) is 30.5 Å². The number of hydrogen-bond donors (Lipinski definition) is 0. The summed E-state index contributed by atoms with van der Waals surface area (Å²) < 4.78 is 26.7. The number of pyridine rings is 1. The van der Waals surface area contributed by atoms with E-state index in [-0.39, 0.29) is 5.56 Å². The number of alkyl halides is 2. The quantitative estimate of drug-likeness (QED) is 0.482. The van der Waals surface area contributed by atoms with E-state index in [1.165, 1.54) is 30.0 Å². The van der Waals surface area contributed by atoms with E-state index in [0.717, 1.165) is 48.8 Å². The summed E-state index contributed by atoms with van der Waals surface area (Å²) in [6, 6.07) is 19.0. The van der Waals surface area contributed by atoms with Crippen molar-refractivity contribution in [3.05, 3.63) is 95.2 Å². The number of likely N-dealkylation sites (tertiary alicyclic amines) is 1. The minimum Gasteiger partial charge on any atom is -0.299 e. The van der Waals surface area contributed by atoms with Gasteiger partial charge in [0.2, 0.25) is 0 Å². The summed E-state index contributed by atoms with van der Waals surface area (Å²) in [5.74, 6) is 0.797. The van der Waals surface area contributed by atoms with Crippen LogP contribution in [0.5, 0.6) is 0 Å². The van der Waals surface area contributed by atoms with Crippen molar-refractivity contribution >= 4 is 17.2 Å². The van der Waals surface area contributed by atoms with Gasteiger partial charge in [-0.3, -0.25) is 9.80 Å². The predicted molar refractivity (Wildman–Crippen MR) is 120 cm³/mol. The molecule has 0 aliphatic carbocycles. The number of anilines is 2. The summed E-state index contributed by atoms with van der Waals surface area (Å²) >= 11 is 0. The Hall–Kier alpha value is -3.05. The second-order valence-electron chi connectivity index (χ2n) is 8.19. The van der Waals surface area contributed by atoms with Crippen molar-refractivity contribution in [1.82, 2.24) is 9.88 Å². The SMILES string of the molecule is FC(F)c1cccc(C2=CCc3ccccc3N2c2ccc(CN3CCCC3)cn2)c1. The molecule has 0 amide bonds. The first kappa shape index (κ1) is 19.9. The van der Waals surface area contributed by atoms with Gasteiger partial charge in [-0.25, -0.2) is 13.8 Å². The van der Waals surface area contributed by atoms with Crippen LogP contribution in [0.15, 0.2) is 72.9 Å². The van der Waals surface area contributed by atoms with E-state index in [9.17, 15) is 8.78 Å². The van der Waals surface area contributed by atoms with Gasteiger partial charge in [0.25, 0.3) is 6.43 Å². The van der Waals surface area contributed by atoms with Gasteiger partial charge in [0.1, 0.15) is 5.82 Å². The molecule has 0 radical (unpaired) electrons. The molecule has 0 spiro atoms. The van der Waals surface area contributed by atoms with Crippen LogP contribution in [-0.4, -0.2) is 23.0 Å². The molecule has 0 N–H and O–H groups in total. The zero-order chi connectivity index (χ0) is 21.2. The standard InChI is InChI=1S/C26H25F2N3/c27-26(28)22-8-5-7-21(16-22)24-12-11-20-6-1-2-9-23(20)31(24)25-13-10-19(17-29-25)18-30-14-3-4-15-30/h1-2,5-10,12-13,16-17,26H,3-4,11,14-15,18H2. The van der Waals surface area contributed by atoms with Crippen LogP contribution in [0.1, 0.15) is 41.5 Å². The van der Waals surface area contributed by atoms with Gasteiger partial charge in [0.15, 0.2) is 0 Å². The molecule has 5 heteroatoms. The fourth-order valence-corrected chi connectivity index (χ4v) is 4.50. The minimum absolute atomic E-state index is 0.0335. The van der Waals surface area contributed by atoms with Crippen LogP contribution in [0, 0.1) is 0 Å². The van der Waals surface area contributed by atoms with Crippen molar-refractivity contribution in [3.8, 4) is 0 Å². The van der Waals surface area contributed by atoms with E-state index in [1.54, 1.807) is 12.1 Å². The van der Waals surface area contributed by atoms with Crippen LogP contribution in [0.3, 0.4) is 0 Å². The first-order valence-electron chi connectivity index (χ1n) is 10.8. The molecule has 3 heterocycles. The highest BCUT2D eigenvalue weighted by atomic mass is 19.3. The van der Waals surface area contributed by atoms with Crippen LogP contribution < -0.4 is 4.90 Å². The highest BCUT2D eigenvalue weighted by Crippen LogP contribution is 2.40. The molecule has 2 aromatic carbocycles. The summed E-state index contributed by atoms with van der Waals surface area (Å²) in [5, 5.41) is 0. The number of fused-ring (bicyclic) bond motifs is 1. The lowest BCUT2D eigenvalue weighted by molar-refractivity contribution is 0.151. The van der Waals surface area contributed by atoms with E-state index in [4.69, 9.17) is 4.98 Å². The molecule has 5 rings (SSSR count). The van der Waals surface area contributed by atoms with Gasteiger partial charge >= 0.3 is 0 Å². The van der Waals surface area contributed by atoms with Crippen LogP contribution in [0.4, 0.5) is 20.3 Å². The van der Waals surface area contributed by atoms with Gasteiger partial charge in [0, 0.05) is 18.3 Å². The molecule has 3 aromatic rings. The van der Waals surface area contributed by atoms with Crippen molar-refractivity contribution in [1.29, 1.82) is 0 Å². The van der Waals surface area contributed by atoms with E-state index in [2.05, 4.69) is 34.1 Å². The largest absolute Gasteiger partial charge is 0.299 e. The van der Waals surface area contributed by atoms with Gasteiger partial charge < -0.3 is 0 Å².